The third-order valence-corrected chi connectivity index (χ3v) is 5.65. The van der Waals surface area contributed by atoms with Gasteiger partial charge in [0.2, 0.25) is 0 Å². The van der Waals surface area contributed by atoms with E-state index in [4.69, 9.17) is 32.7 Å². The van der Waals surface area contributed by atoms with Gasteiger partial charge in [0.25, 0.3) is 0 Å². The molecule has 0 saturated heterocycles. The lowest BCUT2D eigenvalue weighted by atomic mass is 10.2. The van der Waals surface area contributed by atoms with Crippen LogP contribution in [0.25, 0.3) is 5.69 Å². The van der Waals surface area contributed by atoms with Gasteiger partial charge in [0, 0.05) is 21.9 Å². The van der Waals surface area contributed by atoms with E-state index >= 15 is 0 Å². The van der Waals surface area contributed by atoms with Crippen LogP contribution in [0.3, 0.4) is 0 Å². The van der Waals surface area contributed by atoms with Crippen molar-refractivity contribution in [3.05, 3.63) is 57.8 Å². The second-order valence-electron chi connectivity index (χ2n) is 5.68. The fourth-order valence-corrected chi connectivity index (χ4v) is 4.45. The maximum absolute atomic E-state index is 6.27. The van der Waals surface area contributed by atoms with Crippen molar-refractivity contribution in [1.29, 1.82) is 0 Å². The second-order valence-corrected chi connectivity index (χ2v) is 7.44. The maximum Gasteiger partial charge on any atom is 0.196 e. The van der Waals surface area contributed by atoms with Crippen LogP contribution in [0.5, 0.6) is 11.5 Å². The van der Waals surface area contributed by atoms with Crippen molar-refractivity contribution in [3.63, 3.8) is 0 Å². The van der Waals surface area contributed by atoms with Crippen LogP contribution in [0.15, 0.2) is 41.6 Å². The van der Waals surface area contributed by atoms with Gasteiger partial charge in [-0.1, -0.05) is 41.0 Å². The molecule has 134 valence electrons. The number of nitrogens with zero attached hydrogens (tertiary/aromatic N) is 3. The molecule has 0 aliphatic carbocycles. The van der Waals surface area contributed by atoms with Gasteiger partial charge in [0.1, 0.15) is 19.0 Å². The Kier molecular flexibility index (Phi) is 4.98. The minimum Gasteiger partial charge on any atom is -0.486 e. The summed E-state index contributed by atoms with van der Waals surface area (Å²) >= 11 is 14.1. The van der Waals surface area contributed by atoms with Crippen LogP contribution in [0.1, 0.15) is 11.4 Å². The summed E-state index contributed by atoms with van der Waals surface area (Å²) in [6.45, 7) is 3.03. The van der Waals surface area contributed by atoms with Gasteiger partial charge in [-0.15, -0.1) is 10.2 Å². The summed E-state index contributed by atoms with van der Waals surface area (Å²) < 4.78 is 13.2. The summed E-state index contributed by atoms with van der Waals surface area (Å²) in [6, 6.07) is 11.3. The molecule has 8 heteroatoms. The van der Waals surface area contributed by atoms with Crippen molar-refractivity contribution < 1.29 is 9.47 Å². The number of aryl methyl sites for hydroxylation is 1. The average Bonchev–Trinajstić information content (AvgIpc) is 3.01. The molecule has 1 aliphatic rings. The Morgan fingerprint density at radius 3 is 2.54 bits per heavy atom. The van der Waals surface area contributed by atoms with Crippen molar-refractivity contribution in [2.45, 2.75) is 17.8 Å². The number of thioether (sulfide) groups is 1. The van der Waals surface area contributed by atoms with Crippen molar-refractivity contribution in [1.82, 2.24) is 14.8 Å². The standard InChI is InChI=1S/C18H15Cl2N3O2S/c1-11-21-22-18(26-10-13-14(19)3-2-4-15(13)20)23(11)12-5-6-16-17(9-12)25-8-7-24-16/h2-6,9H,7-8,10H2,1H3. The first-order valence-corrected chi connectivity index (χ1v) is 9.75. The van der Waals surface area contributed by atoms with Gasteiger partial charge >= 0.3 is 0 Å². The Balaban J connectivity index is 1.64. The van der Waals surface area contributed by atoms with Gasteiger partial charge in [-0.25, -0.2) is 0 Å². The maximum atomic E-state index is 6.27. The molecule has 0 N–H and O–H groups in total. The predicted octanol–water partition coefficient (Wildman–Crippen LogP) is 4.95. The molecule has 26 heavy (non-hydrogen) atoms. The highest BCUT2D eigenvalue weighted by atomic mass is 35.5. The van der Waals surface area contributed by atoms with Crippen LogP contribution in [-0.2, 0) is 5.75 Å². The van der Waals surface area contributed by atoms with Gasteiger partial charge in [-0.05, 0) is 36.8 Å². The fraction of sp³-hybridized carbons (Fsp3) is 0.222. The van der Waals surface area contributed by atoms with Crippen molar-refractivity contribution in [2.24, 2.45) is 0 Å². The van der Waals surface area contributed by atoms with E-state index < -0.39 is 0 Å². The highest BCUT2D eigenvalue weighted by molar-refractivity contribution is 7.98. The number of hydrogen-bond donors (Lipinski definition) is 0. The first-order valence-electron chi connectivity index (χ1n) is 8.01. The Labute approximate surface area is 165 Å². The zero-order chi connectivity index (χ0) is 18.1. The fourth-order valence-electron chi connectivity index (χ4n) is 2.71. The first-order chi connectivity index (χ1) is 12.6. The van der Waals surface area contributed by atoms with Crippen LogP contribution in [0, 0.1) is 6.92 Å². The molecular formula is C18H15Cl2N3O2S. The molecule has 0 atom stereocenters. The minimum atomic E-state index is 0.546. The van der Waals surface area contributed by atoms with E-state index in [0.29, 0.717) is 29.0 Å². The molecule has 5 nitrogen and oxygen atoms in total. The molecule has 2 aromatic carbocycles. The number of rotatable bonds is 4. The smallest absolute Gasteiger partial charge is 0.196 e. The number of benzene rings is 2. The van der Waals surface area contributed by atoms with Crippen molar-refractivity contribution >= 4 is 35.0 Å². The van der Waals surface area contributed by atoms with E-state index in [9.17, 15) is 0 Å². The first kappa shape index (κ1) is 17.5. The third kappa shape index (κ3) is 3.37. The molecule has 0 bridgehead atoms. The molecule has 0 saturated carbocycles. The van der Waals surface area contributed by atoms with E-state index in [1.54, 1.807) is 0 Å². The molecule has 2 heterocycles. The molecule has 1 aliphatic heterocycles. The number of hydrogen-bond acceptors (Lipinski definition) is 5. The summed E-state index contributed by atoms with van der Waals surface area (Å²) in [6.07, 6.45) is 0. The lowest BCUT2D eigenvalue weighted by molar-refractivity contribution is 0.171. The third-order valence-electron chi connectivity index (χ3n) is 3.99. The SMILES string of the molecule is Cc1nnc(SCc2c(Cl)cccc2Cl)n1-c1ccc2c(c1)OCCO2. The normalized spacial score (nSPS) is 13.0. The van der Waals surface area contributed by atoms with Crippen molar-refractivity contribution in [3.8, 4) is 17.2 Å². The molecular weight excluding hydrogens is 393 g/mol. The topological polar surface area (TPSA) is 49.2 Å². The van der Waals surface area contributed by atoms with Crippen LogP contribution in [-0.4, -0.2) is 28.0 Å². The summed E-state index contributed by atoms with van der Waals surface area (Å²) in [5.41, 5.74) is 1.81. The lowest BCUT2D eigenvalue weighted by Crippen LogP contribution is -2.15. The monoisotopic (exact) mass is 407 g/mol. The van der Waals surface area contributed by atoms with Crippen LogP contribution in [0.4, 0.5) is 0 Å². The van der Waals surface area contributed by atoms with E-state index in [2.05, 4.69) is 10.2 Å². The molecule has 4 rings (SSSR count). The van der Waals surface area contributed by atoms with Crippen LogP contribution >= 0.6 is 35.0 Å². The summed E-state index contributed by atoms with van der Waals surface area (Å²) in [5.74, 6) is 2.87. The molecule has 1 aromatic heterocycles. The summed E-state index contributed by atoms with van der Waals surface area (Å²) in [4.78, 5) is 0. The quantitative estimate of drug-likeness (QED) is 0.572. The number of fused-ring (bicyclic) bond motifs is 1. The Morgan fingerprint density at radius 2 is 1.77 bits per heavy atom. The van der Waals surface area contributed by atoms with Gasteiger partial charge in [0.05, 0.1) is 5.69 Å². The minimum absolute atomic E-state index is 0.546. The Bertz CT molecular complexity index is 941. The molecule has 0 unspecified atom stereocenters. The predicted molar refractivity (Wildman–Crippen MR) is 103 cm³/mol. The molecule has 0 fully saturated rings. The van der Waals surface area contributed by atoms with Gasteiger partial charge in [-0.3, -0.25) is 4.57 Å². The van der Waals surface area contributed by atoms with Gasteiger partial charge in [0.15, 0.2) is 16.7 Å². The highest BCUT2D eigenvalue weighted by Gasteiger charge is 2.17. The molecule has 3 aromatic rings. The average molecular weight is 408 g/mol. The van der Waals surface area contributed by atoms with E-state index in [0.717, 1.165) is 33.7 Å². The number of aromatic nitrogens is 3. The van der Waals surface area contributed by atoms with E-state index in [-0.39, 0.29) is 0 Å². The number of halogens is 2. The number of ether oxygens (including phenoxy) is 2. The lowest BCUT2D eigenvalue weighted by Gasteiger charge is -2.19. The van der Waals surface area contributed by atoms with Crippen LogP contribution in [0.2, 0.25) is 10.0 Å². The Morgan fingerprint density at radius 1 is 1.04 bits per heavy atom. The highest BCUT2D eigenvalue weighted by Crippen LogP contribution is 2.35. The van der Waals surface area contributed by atoms with E-state index in [1.807, 2.05) is 47.9 Å². The molecule has 0 spiro atoms. The summed E-state index contributed by atoms with van der Waals surface area (Å²) in [5, 5.41) is 10.6. The molecule has 0 radical (unpaired) electrons. The largest absolute Gasteiger partial charge is 0.486 e. The molecule has 0 amide bonds. The Hall–Kier alpha value is -1.89. The summed E-state index contributed by atoms with van der Waals surface area (Å²) in [7, 11) is 0. The van der Waals surface area contributed by atoms with Gasteiger partial charge < -0.3 is 9.47 Å². The van der Waals surface area contributed by atoms with Crippen molar-refractivity contribution in [2.75, 3.05) is 13.2 Å². The zero-order valence-corrected chi connectivity index (χ0v) is 16.2. The van der Waals surface area contributed by atoms with Crippen LogP contribution < -0.4 is 9.47 Å². The van der Waals surface area contributed by atoms with Gasteiger partial charge in [-0.2, -0.15) is 0 Å². The zero-order valence-electron chi connectivity index (χ0n) is 13.9. The van der Waals surface area contributed by atoms with E-state index in [1.165, 1.54) is 11.8 Å². The second kappa shape index (κ2) is 7.39.